The van der Waals surface area contributed by atoms with Crippen LogP contribution in [-0.2, 0) is 4.79 Å². The summed E-state index contributed by atoms with van der Waals surface area (Å²) in [6.07, 6.45) is 3.84. The molecular formula is C15H18FNO3. The van der Waals surface area contributed by atoms with E-state index in [1.807, 2.05) is 0 Å². The van der Waals surface area contributed by atoms with Gasteiger partial charge in [0.15, 0.2) is 24.0 Å². The first-order valence-corrected chi connectivity index (χ1v) is 6.82. The molecule has 1 aromatic rings. The van der Waals surface area contributed by atoms with Crippen molar-refractivity contribution >= 4 is 12.2 Å². The van der Waals surface area contributed by atoms with Crippen LogP contribution in [0.4, 0.5) is 4.39 Å². The van der Waals surface area contributed by atoms with Gasteiger partial charge in [0.1, 0.15) is 0 Å². The average Bonchev–Trinajstić information content (AvgIpc) is 2.93. The number of nitrogens with one attached hydrogen (secondary N) is 1. The first-order valence-electron chi connectivity index (χ1n) is 6.82. The van der Waals surface area contributed by atoms with Gasteiger partial charge in [0, 0.05) is 6.04 Å². The van der Waals surface area contributed by atoms with Gasteiger partial charge in [0.05, 0.1) is 5.56 Å². The van der Waals surface area contributed by atoms with E-state index in [0.29, 0.717) is 6.29 Å². The molecule has 1 N–H and O–H groups in total. The van der Waals surface area contributed by atoms with E-state index in [0.717, 1.165) is 25.7 Å². The van der Waals surface area contributed by atoms with Crippen LogP contribution in [0.15, 0.2) is 18.2 Å². The molecule has 0 saturated heterocycles. The number of amides is 1. The summed E-state index contributed by atoms with van der Waals surface area (Å²) >= 11 is 0. The smallest absolute Gasteiger partial charge is 0.260 e. The SMILES string of the molecule is CC(Oc1c(F)cccc1C=O)C(=O)NC1CCCC1. The Hall–Kier alpha value is -1.91. The van der Waals surface area contributed by atoms with Crippen LogP contribution in [0, 0.1) is 5.82 Å². The average molecular weight is 279 g/mol. The highest BCUT2D eigenvalue weighted by molar-refractivity contribution is 5.82. The molecule has 1 aromatic carbocycles. The van der Waals surface area contributed by atoms with Crippen molar-refractivity contribution in [3.8, 4) is 5.75 Å². The van der Waals surface area contributed by atoms with Crippen LogP contribution in [0.3, 0.4) is 0 Å². The Kier molecular flexibility index (Phi) is 4.71. The first kappa shape index (κ1) is 14.5. The fourth-order valence-electron chi connectivity index (χ4n) is 2.36. The van der Waals surface area contributed by atoms with E-state index in [9.17, 15) is 14.0 Å². The molecule has 5 heteroatoms. The van der Waals surface area contributed by atoms with Crippen molar-refractivity contribution in [2.45, 2.75) is 44.8 Å². The van der Waals surface area contributed by atoms with Gasteiger partial charge in [0.2, 0.25) is 0 Å². The van der Waals surface area contributed by atoms with E-state index < -0.39 is 11.9 Å². The topological polar surface area (TPSA) is 55.4 Å². The molecule has 0 spiro atoms. The van der Waals surface area contributed by atoms with Gasteiger partial charge in [0.25, 0.3) is 5.91 Å². The second-order valence-electron chi connectivity index (χ2n) is 5.03. The molecule has 1 aliphatic rings. The molecule has 0 aliphatic heterocycles. The number of halogens is 1. The maximum absolute atomic E-state index is 13.7. The lowest BCUT2D eigenvalue weighted by molar-refractivity contribution is -0.128. The molecule has 1 unspecified atom stereocenters. The van der Waals surface area contributed by atoms with E-state index in [-0.39, 0.29) is 23.3 Å². The monoisotopic (exact) mass is 279 g/mol. The lowest BCUT2D eigenvalue weighted by Crippen LogP contribution is -2.41. The van der Waals surface area contributed by atoms with Crippen molar-refractivity contribution in [1.82, 2.24) is 5.32 Å². The number of para-hydroxylation sites is 1. The Balaban J connectivity index is 2.01. The molecule has 0 bridgehead atoms. The van der Waals surface area contributed by atoms with Crippen LogP contribution in [0.2, 0.25) is 0 Å². The number of carbonyl (C=O) groups is 2. The van der Waals surface area contributed by atoms with Crippen molar-refractivity contribution in [3.05, 3.63) is 29.6 Å². The highest BCUT2D eigenvalue weighted by atomic mass is 19.1. The fraction of sp³-hybridized carbons (Fsp3) is 0.467. The number of benzene rings is 1. The Labute approximate surface area is 117 Å². The van der Waals surface area contributed by atoms with Gasteiger partial charge in [-0.15, -0.1) is 0 Å². The van der Waals surface area contributed by atoms with Crippen LogP contribution >= 0.6 is 0 Å². The molecule has 1 amide bonds. The highest BCUT2D eigenvalue weighted by Gasteiger charge is 2.23. The van der Waals surface area contributed by atoms with Gasteiger partial charge in [-0.05, 0) is 31.9 Å². The molecule has 1 saturated carbocycles. The third-order valence-electron chi connectivity index (χ3n) is 3.49. The van der Waals surface area contributed by atoms with E-state index in [1.54, 1.807) is 6.92 Å². The van der Waals surface area contributed by atoms with Gasteiger partial charge >= 0.3 is 0 Å². The van der Waals surface area contributed by atoms with Crippen LogP contribution in [0.1, 0.15) is 43.0 Å². The summed E-state index contributed by atoms with van der Waals surface area (Å²) in [5, 5.41) is 2.88. The Bertz CT molecular complexity index is 498. The summed E-state index contributed by atoms with van der Waals surface area (Å²) in [7, 11) is 0. The van der Waals surface area contributed by atoms with Crippen molar-refractivity contribution in [3.63, 3.8) is 0 Å². The molecular weight excluding hydrogens is 261 g/mol. The molecule has 0 heterocycles. The Morgan fingerprint density at radius 3 is 2.80 bits per heavy atom. The number of carbonyl (C=O) groups excluding carboxylic acids is 2. The third kappa shape index (κ3) is 3.35. The standard InChI is InChI=1S/C15H18FNO3/c1-10(15(19)17-12-6-2-3-7-12)20-14-11(9-18)5-4-8-13(14)16/h4-5,8-10,12H,2-3,6-7H2,1H3,(H,17,19). The third-order valence-corrected chi connectivity index (χ3v) is 3.49. The summed E-state index contributed by atoms with van der Waals surface area (Å²) in [4.78, 5) is 22.8. The van der Waals surface area contributed by atoms with Crippen LogP contribution < -0.4 is 10.1 Å². The summed E-state index contributed by atoms with van der Waals surface area (Å²) in [5.74, 6) is -1.09. The molecule has 108 valence electrons. The van der Waals surface area contributed by atoms with E-state index in [4.69, 9.17) is 4.74 Å². The van der Waals surface area contributed by atoms with Gasteiger partial charge < -0.3 is 10.1 Å². The molecule has 20 heavy (non-hydrogen) atoms. The number of rotatable bonds is 5. The van der Waals surface area contributed by atoms with Gasteiger partial charge in [-0.1, -0.05) is 18.9 Å². The Morgan fingerprint density at radius 1 is 1.45 bits per heavy atom. The largest absolute Gasteiger partial charge is 0.477 e. The zero-order valence-corrected chi connectivity index (χ0v) is 11.4. The van der Waals surface area contributed by atoms with Crippen LogP contribution in [-0.4, -0.2) is 24.3 Å². The van der Waals surface area contributed by atoms with Crippen molar-refractivity contribution < 1.29 is 18.7 Å². The van der Waals surface area contributed by atoms with E-state index in [2.05, 4.69) is 5.32 Å². The van der Waals surface area contributed by atoms with E-state index in [1.165, 1.54) is 18.2 Å². The molecule has 2 rings (SSSR count). The van der Waals surface area contributed by atoms with Crippen LogP contribution in [0.25, 0.3) is 0 Å². The van der Waals surface area contributed by atoms with Gasteiger partial charge in [-0.3, -0.25) is 9.59 Å². The summed E-state index contributed by atoms with van der Waals surface area (Å²) in [6, 6.07) is 4.26. The lowest BCUT2D eigenvalue weighted by atomic mass is 10.2. The molecule has 4 nitrogen and oxygen atoms in total. The number of hydrogen-bond donors (Lipinski definition) is 1. The van der Waals surface area contributed by atoms with Crippen molar-refractivity contribution in [1.29, 1.82) is 0 Å². The first-order chi connectivity index (χ1) is 9.61. The highest BCUT2D eigenvalue weighted by Crippen LogP contribution is 2.23. The minimum absolute atomic E-state index is 0.102. The molecule has 1 fully saturated rings. The van der Waals surface area contributed by atoms with E-state index >= 15 is 0 Å². The molecule has 0 radical (unpaired) electrons. The van der Waals surface area contributed by atoms with Gasteiger partial charge in [-0.25, -0.2) is 4.39 Å². The second kappa shape index (κ2) is 6.50. The summed E-state index contributed by atoms with van der Waals surface area (Å²) < 4.78 is 19.0. The van der Waals surface area contributed by atoms with Gasteiger partial charge in [-0.2, -0.15) is 0 Å². The molecule has 0 aromatic heterocycles. The maximum Gasteiger partial charge on any atom is 0.260 e. The zero-order valence-electron chi connectivity index (χ0n) is 11.4. The number of ether oxygens (including phenoxy) is 1. The fourth-order valence-corrected chi connectivity index (χ4v) is 2.36. The second-order valence-corrected chi connectivity index (χ2v) is 5.03. The lowest BCUT2D eigenvalue weighted by Gasteiger charge is -2.19. The maximum atomic E-state index is 13.7. The minimum atomic E-state index is -0.841. The van der Waals surface area contributed by atoms with Crippen molar-refractivity contribution in [2.75, 3.05) is 0 Å². The summed E-state index contributed by atoms with van der Waals surface area (Å²) in [6.45, 7) is 1.55. The number of hydrogen-bond acceptors (Lipinski definition) is 3. The Morgan fingerprint density at radius 2 is 2.15 bits per heavy atom. The van der Waals surface area contributed by atoms with Crippen LogP contribution in [0.5, 0.6) is 5.75 Å². The zero-order chi connectivity index (χ0) is 14.5. The quantitative estimate of drug-likeness (QED) is 0.842. The van der Waals surface area contributed by atoms with Crippen molar-refractivity contribution in [2.24, 2.45) is 0 Å². The predicted octanol–water partition coefficient (Wildman–Crippen LogP) is 2.46. The minimum Gasteiger partial charge on any atom is -0.477 e. The predicted molar refractivity (Wildman–Crippen MR) is 72.3 cm³/mol. The molecule has 1 aliphatic carbocycles. The summed E-state index contributed by atoms with van der Waals surface area (Å²) in [5.41, 5.74) is 0.102. The number of aldehydes is 1. The molecule has 1 atom stereocenters. The normalized spacial score (nSPS) is 16.7.